The molecule has 1 saturated carbocycles. The van der Waals surface area contributed by atoms with E-state index in [-0.39, 0.29) is 38.1 Å². The summed E-state index contributed by atoms with van der Waals surface area (Å²) in [7, 11) is 1.51. The molecule has 2 fully saturated rings. The van der Waals surface area contributed by atoms with Crippen molar-refractivity contribution in [2.75, 3.05) is 13.6 Å². The number of aliphatic hydroxyl groups is 1. The number of aryl methyl sites for hydroxylation is 1. The highest BCUT2D eigenvalue weighted by Gasteiger charge is 2.53. The van der Waals surface area contributed by atoms with Gasteiger partial charge in [-0.1, -0.05) is 45.0 Å². The minimum Gasteiger partial charge on any atom is -0.391 e. The van der Waals surface area contributed by atoms with Gasteiger partial charge in [-0.25, -0.2) is 9.37 Å². The van der Waals surface area contributed by atoms with Gasteiger partial charge < -0.3 is 26.0 Å². The maximum Gasteiger partial charge on any atom is 0.258 e. The van der Waals surface area contributed by atoms with Crippen molar-refractivity contribution >= 4 is 35.0 Å². The van der Waals surface area contributed by atoms with Gasteiger partial charge in [0.15, 0.2) is 5.67 Å². The van der Waals surface area contributed by atoms with E-state index in [0.29, 0.717) is 5.56 Å². The number of nitrogens with zero attached hydrogens (tertiary/aromatic N) is 2. The highest BCUT2D eigenvalue weighted by Crippen LogP contribution is 2.40. The number of nitrogens with one attached hydrogen (secondary N) is 3. The Bertz CT molecular complexity index is 1300. The first-order chi connectivity index (χ1) is 19.2. The minimum atomic E-state index is -1.97. The van der Waals surface area contributed by atoms with Gasteiger partial charge in [-0.05, 0) is 36.3 Å². The molecule has 1 saturated heterocycles. The number of aliphatic hydroxyl groups excluding tert-OH is 1. The van der Waals surface area contributed by atoms with Gasteiger partial charge in [0.25, 0.3) is 5.91 Å². The number of amides is 4. The zero-order valence-corrected chi connectivity index (χ0v) is 24.8. The van der Waals surface area contributed by atoms with Crippen molar-refractivity contribution in [1.82, 2.24) is 25.8 Å². The van der Waals surface area contributed by atoms with Gasteiger partial charge in [-0.3, -0.25) is 19.2 Å². The molecule has 2 aromatic rings. The molecule has 222 valence electrons. The fourth-order valence-corrected chi connectivity index (χ4v) is 5.78. The van der Waals surface area contributed by atoms with Crippen LogP contribution in [-0.4, -0.2) is 76.1 Å². The lowest BCUT2D eigenvalue weighted by molar-refractivity contribution is -0.145. The van der Waals surface area contributed by atoms with Crippen molar-refractivity contribution in [1.29, 1.82) is 0 Å². The van der Waals surface area contributed by atoms with E-state index in [2.05, 4.69) is 20.9 Å². The highest BCUT2D eigenvalue weighted by atomic mass is 32.1. The molecule has 4 amide bonds. The zero-order chi connectivity index (χ0) is 30.1. The molecule has 0 radical (unpaired) electrons. The molecule has 12 heteroatoms. The number of rotatable bonds is 9. The SMILES string of the molecule is CNC(=O)CC(NC(=O)C1C[C@@H](O)CN1C(=O)[C@H](NC(=O)C1(F)CC1)C(C)(C)C)c1ccc(-c2scnc2C)cc1. The first-order valence-electron chi connectivity index (χ1n) is 13.7. The number of hydrogen-bond acceptors (Lipinski definition) is 7. The Balaban J connectivity index is 1.54. The third-order valence-electron chi connectivity index (χ3n) is 7.65. The molecular formula is C29H38FN5O5S. The predicted octanol–water partition coefficient (Wildman–Crippen LogP) is 2.41. The Kier molecular flexibility index (Phi) is 8.84. The smallest absolute Gasteiger partial charge is 0.258 e. The monoisotopic (exact) mass is 587 g/mol. The van der Waals surface area contributed by atoms with Crippen LogP contribution in [0, 0.1) is 12.3 Å². The number of benzene rings is 1. The summed E-state index contributed by atoms with van der Waals surface area (Å²) < 4.78 is 14.4. The Morgan fingerprint density at radius 3 is 2.37 bits per heavy atom. The molecule has 10 nitrogen and oxygen atoms in total. The van der Waals surface area contributed by atoms with Crippen LogP contribution in [0.3, 0.4) is 0 Å². The summed E-state index contributed by atoms with van der Waals surface area (Å²) in [6.45, 7) is 7.04. The number of halogens is 1. The minimum absolute atomic E-state index is 0.00822. The van der Waals surface area contributed by atoms with Crippen LogP contribution in [0.15, 0.2) is 29.8 Å². The summed E-state index contributed by atoms with van der Waals surface area (Å²) in [4.78, 5) is 58.8. The lowest BCUT2D eigenvalue weighted by Crippen LogP contribution is -2.59. The summed E-state index contributed by atoms with van der Waals surface area (Å²) >= 11 is 1.52. The van der Waals surface area contributed by atoms with Crippen molar-refractivity contribution < 1.29 is 28.7 Å². The second-order valence-electron chi connectivity index (χ2n) is 12.0. The van der Waals surface area contributed by atoms with Gasteiger partial charge in [0.1, 0.15) is 12.1 Å². The molecule has 4 rings (SSSR count). The van der Waals surface area contributed by atoms with Crippen LogP contribution in [-0.2, 0) is 19.2 Å². The Morgan fingerprint density at radius 2 is 1.83 bits per heavy atom. The van der Waals surface area contributed by atoms with Gasteiger partial charge in [0, 0.05) is 20.0 Å². The number of alkyl halides is 1. The van der Waals surface area contributed by atoms with Crippen LogP contribution in [0.4, 0.5) is 4.39 Å². The van der Waals surface area contributed by atoms with Crippen molar-refractivity contribution in [3.63, 3.8) is 0 Å². The molecule has 41 heavy (non-hydrogen) atoms. The topological polar surface area (TPSA) is 141 Å². The summed E-state index contributed by atoms with van der Waals surface area (Å²) in [5.74, 6) is -2.23. The standard InChI is InChI=1S/C29H38FN5O5S/c1-16-23(41-15-32-16)18-8-6-17(7-9-18)20(13-22(37)31-5)33-25(38)21-12-19(36)14-35(21)26(39)24(28(2,3)4)34-27(40)29(30)10-11-29/h6-9,15,19-21,24,36H,10-14H2,1-5H3,(H,31,37)(H,33,38)(H,34,40)/t19-,20?,21?,24+/m1/s1. The van der Waals surface area contributed by atoms with Crippen LogP contribution in [0.5, 0.6) is 0 Å². The van der Waals surface area contributed by atoms with Gasteiger partial charge in [-0.15, -0.1) is 11.3 Å². The maximum atomic E-state index is 14.4. The predicted molar refractivity (Wildman–Crippen MR) is 152 cm³/mol. The van der Waals surface area contributed by atoms with E-state index in [1.54, 1.807) is 26.3 Å². The summed E-state index contributed by atoms with van der Waals surface area (Å²) in [6.07, 6.45) is -0.791. The molecule has 2 unspecified atom stereocenters. The molecule has 1 aromatic heterocycles. The largest absolute Gasteiger partial charge is 0.391 e. The van der Waals surface area contributed by atoms with Crippen LogP contribution >= 0.6 is 11.3 Å². The second-order valence-corrected chi connectivity index (χ2v) is 12.8. The van der Waals surface area contributed by atoms with E-state index in [1.165, 1.54) is 23.3 Å². The molecular weight excluding hydrogens is 549 g/mol. The number of carbonyl (C=O) groups is 4. The Labute approximate surface area is 243 Å². The third-order valence-corrected chi connectivity index (χ3v) is 8.63. The number of carbonyl (C=O) groups excluding carboxylic acids is 4. The Hall–Kier alpha value is -3.38. The lowest BCUT2D eigenvalue weighted by Gasteiger charge is -2.36. The number of β-amino-alcohol motifs (C(OH)–C–C–N with tert-alkyl or cyclic N) is 1. The molecule has 2 aliphatic rings. The van der Waals surface area contributed by atoms with E-state index in [1.807, 2.05) is 31.2 Å². The number of aromatic nitrogens is 1. The highest BCUT2D eigenvalue weighted by molar-refractivity contribution is 7.13. The van der Waals surface area contributed by atoms with E-state index in [4.69, 9.17) is 0 Å². The van der Waals surface area contributed by atoms with E-state index < -0.39 is 53.0 Å². The number of likely N-dealkylation sites (tertiary alicyclic amines) is 1. The van der Waals surface area contributed by atoms with Gasteiger partial charge in [0.05, 0.1) is 34.6 Å². The van der Waals surface area contributed by atoms with Crippen molar-refractivity contribution in [3.05, 3.63) is 41.0 Å². The average molecular weight is 588 g/mol. The number of hydrogen-bond donors (Lipinski definition) is 4. The first kappa shape index (κ1) is 30.6. The summed E-state index contributed by atoms with van der Waals surface area (Å²) in [6, 6.07) is 4.65. The average Bonchev–Trinajstić information content (AvgIpc) is 3.33. The first-order valence-corrected chi connectivity index (χ1v) is 14.6. The van der Waals surface area contributed by atoms with Crippen molar-refractivity contribution in [2.24, 2.45) is 5.41 Å². The molecule has 4 N–H and O–H groups in total. The van der Waals surface area contributed by atoms with Crippen LogP contribution < -0.4 is 16.0 Å². The van der Waals surface area contributed by atoms with Gasteiger partial charge in [-0.2, -0.15) is 0 Å². The number of thiazole rings is 1. The molecule has 4 atom stereocenters. The van der Waals surface area contributed by atoms with Gasteiger partial charge in [0.2, 0.25) is 17.7 Å². The van der Waals surface area contributed by atoms with Crippen LogP contribution in [0.25, 0.3) is 10.4 Å². The molecule has 1 aromatic carbocycles. The maximum absolute atomic E-state index is 14.4. The van der Waals surface area contributed by atoms with Gasteiger partial charge >= 0.3 is 0 Å². The fourth-order valence-electron chi connectivity index (χ4n) is 4.97. The zero-order valence-electron chi connectivity index (χ0n) is 24.0. The van der Waals surface area contributed by atoms with E-state index >= 15 is 0 Å². The summed E-state index contributed by atoms with van der Waals surface area (Å²) in [5, 5.41) is 18.5. The summed E-state index contributed by atoms with van der Waals surface area (Å²) in [5.41, 5.74) is 1.59. The van der Waals surface area contributed by atoms with Crippen molar-refractivity contribution in [2.45, 2.75) is 83.3 Å². The second kappa shape index (κ2) is 11.8. The molecule has 0 spiro atoms. The third kappa shape index (κ3) is 6.92. The fraction of sp³-hybridized carbons (Fsp3) is 0.552. The molecule has 1 aliphatic heterocycles. The quantitative estimate of drug-likeness (QED) is 0.355. The van der Waals surface area contributed by atoms with E-state index in [0.717, 1.165) is 16.1 Å². The van der Waals surface area contributed by atoms with Crippen molar-refractivity contribution in [3.8, 4) is 10.4 Å². The van der Waals surface area contributed by atoms with Crippen LogP contribution in [0.2, 0.25) is 0 Å². The normalized spacial score (nSPS) is 21.1. The lowest BCUT2D eigenvalue weighted by atomic mass is 9.85. The molecule has 1 aliphatic carbocycles. The van der Waals surface area contributed by atoms with E-state index in [9.17, 15) is 28.7 Å². The molecule has 0 bridgehead atoms. The van der Waals surface area contributed by atoms with Crippen LogP contribution in [0.1, 0.15) is 63.8 Å². The molecule has 2 heterocycles. The Morgan fingerprint density at radius 1 is 1.17 bits per heavy atom.